The van der Waals surface area contributed by atoms with Gasteiger partial charge in [-0.25, -0.2) is 0 Å². The molecule has 1 aliphatic rings. The number of amides is 1. The van der Waals surface area contributed by atoms with Gasteiger partial charge in [-0.15, -0.1) is 0 Å². The van der Waals surface area contributed by atoms with Crippen LogP contribution in [0.25, 0.3) is 10.8 Å². The number of anilines is 2. The molecule has 24 heavy (non-hydrogen) atoms. The number of hydrogen-bond acceptors (Lipinski definition) is 5. The number of pyridine rings is 1. The largest absolute Gasteiger partial charge is 0.516 e. The number of nitrogens with zero attached hydrogens (tertiary/aromatic N) is 1. The lowest BCUT2D eigenvalue weighted by Gasteiger charge is -2.07. The van der Waals surface area contributed by atoms with E-state index in [9.17, 15) is 9.82 Å². The molecule has 3 N–H and O–H groups in total. The van der Waals surface area contributed by atoms with Gasteiger partial charge in [-0.05, 0) is 35.2 Å². The van der Waals surface area contributed by atoms with Gasteiger partial charge in [-0.3, -0.25) is 20.0 Å². The van der Waals surface area contributed by atoms with Crippen LogP contribution in [0.2, 0.25) is 0 Å². The van der Waals surface area contributed by atoms with Gasteiger partial charge in [0.25, 0.3) is 0 Å². The van der Waals surface area contributed by atoms with Crippen molar-refractivity contribution >= 4 is 40.6 Å². The summed E-state index contributed by atoms with van der Waals surface area (Å²) in [5.41, 5.74) is 5.54. The highest BCUT2D eigenvalue weighted by molar-refractivity contribution is 6.63. The van der Waals surface area contributed by atoms with Crippen LogP contribution in [0.15, 0.2) is 54.9 Å². The van der Waals surface area contributed by atoms with E-state index < -0.39 is 7.12 Å². The van der Waals surface area contributed by atoms with Crippen LogP contribution in [0, 0.1) is 0 Å². The maximum absolute atomic E-state index is 12.3. The van der Waals surface area contributed by atoms with Crippen LogP contribution in [0.4, 0.5) is 11.4 Å². The Bertz CT molecular complexity index is 932. The predicted octanol–water partition coefficient (Wildman–Crippen LogP) is 1.46. The van der Waals surface area contributed by atoms with E-state index in [0.29, 0.717) is 5.46 Å². The fraction of sp³-hybridized carbons (Fsp3) is 0.0588. The topological polar surface area (TPSA) is 83.5 Å². The van der Waals surface area contributed by atoms with Crippen LogP contribution in [-0.4, -0.2) is 23.0 Å². The Labute approximate surface area is 138 Å². The molecule has 0 atom stereocenters. The smallest absolute Gasteiger partial charge is 0.422 e. The molecular weight excluding hydrogens is 305 g/mol. The molecule has 4 rings (SSSR count). The number of carbonyl (C=O) groups is 1. The zero-order chi connectivity index (χ0) is 16.5. The minimum Gasteiger partial charge on any atom is -0.422 e. The van der Waals surface area contributed by atoms with Gasteiger partial charge in [0.05, 0.1) is 12.1 Å². The molecule has 0 fully saturated rings. The molecule has 2 heterocycles. The third-order valence-electron chi connectivity index (χ3n) is 3.95. The van der Waals surface area contributed by atoms with Gasteiger partial charge in [0.15, 0.2) is 0 Å². The summed E-state index contributed by atoms with van der Waals surface area (Å²) in [4.78, 5) is 16.3. The number of carbonyl (C=O) groups excluding carboxylic acids is 1. The van der Waals surface area contributed by atoms with Gasteiger partial charge in [0, 0.05) is 28.9 Å². The summed E-state index contributed by atoms with van der Waals surface area (Å²) in [5, 5.41) is 14.6. The Morgan fingerprint density at radius 3 is 3.04 bits per heavy atom. The van der Waals surface area contributed by atoms with Gasteiger partial charge >= 0.3 is 7.12 Å². The number of rotatable bonds is 3. The molecule has 0 radical (unpaired) electrons. The lowest BCUT2D eigenvalue weighted by molar-refractivity contribution is -0.115. The first-order chi connectivity index (χ1) is 11.7. The van der Waals surface area contributed by atoms with Crippen LogP contribution < -0.4 is 16.3 Å². The van der Waals surface area contributed by atoms with Crippen molar-refractivity contribution in [3.8, 4) is 0 Å². The molecular formula is C17H14BN3O3. The van der Waals surface area contributed by atoms with Crippen molar-refractivity contribution in [2.45, 2.75) is 6.42 Å². The maximum atomic E-state index is 12.3. The highest BCUT2D eigenvalue weighted by Crippen LogP contribution is 2.19. The minimum atomic E-state index is -1.00. The molecule has 118 valence electrons. The van der Waals surface area contributed by atoms with E-state index in [1.807, 2.05) is 30.3 Å². The van der Waals surface area contributed by atoms with E-state index in [-0.39, 0.29) is 12.3 Å². The van der Waals surface area contributed by atoms with Crippen molar-refractivity contribution in [3.05, 3.63) is 60.4 Å². The molecule has 6 nitrogen and oxygen atoms in total. The first-order valence-electron chi connectivity index (χ1n) is 7.55. The van der Waals surface area contributed by atoms with E-state index in [1.165, 1.54) is 0 Å². The number of fused-ring (bicyclic) bond motifs is 2. The zero-order valence-electron chi connectivity index (χ0n) is 12.7. The molecule has 0 bridgehead atoms. The molecule has 0 unspecified atom stereocenters. The van der Waals surface area contributed by atoms with Gasteiger partial charge in [-0.2, -0.15) is 0 Å². The summed E-state index contributed by atoms with van der Waals surface area (Å²) in [6.07, 6.45) is 3.72. The van der Waals surface area contributed by atoms with Crippen molar-refractivity contribution in [1.82, 2.24) is 4.98 Å². The second-order valence-electron chi connectivity index (χ2n) is 5.66. The van der Waals surface area contributed by atoms with Crippen molar-refractivity contribution in [3.63, 3.8) is 0 Å². The SMILES string of the molecule is O=C(Cc1ccc2c(c1)B(O)ON2)Nc1ccc2cnccc2c1. The number of hydrogen-bond donors (Lipinski definition) is 3. The van der Waals surface area contributed by atoms with Crippen molar-refractivity contribution < 1.29 is 14.6 Å². The zero-order valence-corrected chi connectivity index (χ0v) is 12.7. The van der Waals surface area contributed by atoms with E-state index >= 15 is 0 Å². The van der Waals surface area contributed by atoms with E-state index in [4.69, 9.17) is 4.76 Å². The molecule has 3 aromatic rings. The molecule has 0 saturated carbocycles. The summed E-state index contributed by atoms with van der Waals surface area (Å²) in [6.45, 7) is 0. The third-order valence-corrected chi connectivity index (χ3v) is 3.95. The highest BCUT2D eigenvalue weighted by atomic mass is 16.7. The van der Waals surface area contributed by atoms with Gasteiger partial charge < -0.3 is 10.3 Å². The molecule has 7 heteroatoms. The molecule has 1 aromatic heterocycles. The van der Waals surface area contributed by atoms with Crippen LogP contribution in [-0.2, 0) is 16.0 Å². The van der Waals surface area contributed by atoms with Crippen molar-refractivity contribution in [2.24, 2.45) is 0 Å². The Morgan fingerprint density at radius 2 is 2.12 bits per heavy atom. The average Bonchev–Trinajstić information content (AvgIpc) is 2.95. The Morgan fingerprint density at radius 1 is 1.21 bits per heavy atom. The van der Waals surface area contributed by atoms with Crippen LogP contribution in [0.1, 0.15) is 5.56 Å². The molecule has 0 saturated heterocycles. The van der Waals surface area contributed by atoms with Gasteiger partial charge in [0.1, 0.15) is 0 Å². The Kier molecular flexibility index (Phi) is 3.64. The quantitative estimate of drug-likeness (QED) is 0.637. The van der Waals surface area contributed by atoms with Crippen LogP contribution in [0.3, 0.4) is 0 Å². The van der Waals surface area contributed by atoms with E-state index in [0.717, 1.165) is 27.7 Å². The minimum absolute atomic E-state index is 0.121. The van der Waals surface area contributed by atoms with Crippen LogP contribution >= 0.6 is 0 Å². The monoisotopic (exact) mass is 319 g/mol. The van der Waals surface area contributed by atoms with E-state index in [2.05, 4.69) is 15.8 Å². The summed E-state index contributed by atoms with van der Waals surface area (Å²) in [6, 6.07) is 13.0. The third kappa shape index (κ3) is 2.82. The summed E-state index contributed by atoms with van der Waals surface area (Å²) >= 11 is 0. The van der Waals surface area contributed by atoms with Crippen molar-refractivity contribution in [1.29, 1.82) is 0 Å². The van der Waals surface area contributed by atoms with E-state index in [1.54, 1.807) is 24.5 Å². The van der Waals surface area contributed by atoms with Crippen molar-refractivity contribution in [2.75, 3.05) is 10.8 Å². The average molecular weight is 319 g/mol. The fourth-order valence-corrected chi connectivity index (χ4v) is 2.75. The summed E-state index contributed by atoms with van der Waals surface area (Å²) in [5.74, 6) is -0.121. The van der Waals surface area contributed by atoms with Gasteiger partial charge in [0.2, 0.25) is 5.91 Å². The lowest BCUT2D eigenvalue weighted by atomic mass is 9.79. The van der Waals surface area contributed by atoms with Crippen LogP contribution in [0.5, 0.6) is 0 Å². The molecule has 1 aliphatic heterocycles. The normalized spacial score (nSPS) is 12.8. The first kappa shape index (κ1) is 14.7. The van der Waals surface area contributed by atoms with Gasteiger partial charge in [-0.1, -0.05) is 18.2 Å². The summed E-state index contributed by atoms with van der Waals surface area (Å²) < 4.78 is 4.92. The molecule has 1 amide bonds. The molecule has 0 spiro atoms. The second kappa shape index (κ2) is 5.95. The predicted molar refractivity (Wildman–Crippen MR) is 92.8 cm³/mol. The maximum Gasteiger partial charge on any atom is 0.516 e. The lowest BCUT2D eigenvalue weighted by Crippen LogP contribution is -2.28. The number of benzene rings is 2. The Balaban J connectivity index is 1.49. The Hall–Kier alpha value is -2.90. The first-order valence-corrected chi connectivity index (χ1v) is 7.55. The molecule has 2 aromatic carbocycles. The number of nitrogens with one attached hydrogen (secondary N) is 2. The number of aromatic nitrogens is 1. The standard InChI is InChI=1S/C17H14BN3O3/c22-17(8-11-1-4-16-15(7-11)18(23)24-21-16)20-14-3-2-13-10-19-6-5-12(13)9-14/h1-7,9-10,21,23H,8H2,(H,20,22). The highest BCUT2D eigenvalue weighted by Gasteiger charge is 2.27. The summed E-state index contributed by atoms with van der Waals surface area (Å²) in [7, 11) is -1.00. The fourth-order valence-electron chi connectivity index (χ4n) is 2.75. The molecule has 0 aliphatic carbocycles. The second-order valence-corrected chi connectivity index (χ2v) is 5.66.